The number of hydrogen-bond donors (Lipinski definition) is 10. The van der Waals surface area contributed by atoms with Crippen molar-refractivity contribution in [2.75, 3.05) is 42.3 Å². The van der Waals surface area contributed by atoms with Gasteiger partial charge < -0.3 is 0 Å². The van der Waals surface area contributed by atoms with Crippen molar-refractivity contribution in [1.29, 1.82) is 0 Å². The molecule has 8 saturated heterocycles. The van der Waals surface area contributed by atoms with E-state index in [1.165, 1.54) is 49.2 Å². The summed E-state index contributed by atoms with van der Waals surface area (Å²) in [4.78, 5) is 278. The van der Waals surface area contributed by atoms with E-state index in [9.17, 15) is 115 Å². The third-order valence-corrected chi connectivity index (χ3v) is 19.0. The number of nitrogens with one attached hydrogen (secondary N) is 10. The van der Waals surface area contributed by atoms with Crippen LogP contribution in [0.25, 0.3) is 0 Å². The average molecular weight is 1680 g/mol. The van der Waals surface area contributed by atoms with Crippen molar-refractivity contribution < 1.29 is 115 Å². The zero-order chi connectivity index (χ0) is 89.9. The monoisotopic (exact) mass is 1680 g/mol. The minimum Gasteiger partial charge on any atom is -0.277 e. The van der Waals surface area contributed by atoms with Gasteiger partial charge in [-0.25, -0.2) is 38.4 Å². The second-order valence-corrected chi connectivity index (χ2v) is 27.4. The highest BCUT2D eigenvalue weighted by Crippen LogP contribution is 2.27. The van der Waals surface area contributed by atoms with E-state index < -0.39 is 190 Å². The summed E-state index contributed by atoms with van der Waals surface area (Å²) in [7, 11) is 8.26. The Morgan fingerprint density at radius 2 is 0.492 bits per heavy atom. The maximum atomic E-state index is 12.0. The van der Waals surface area contributed by atoms with Gasteiger partial charge in [-0.15, -0.1) is 0 Å². The first-order valence-corrected chi connectivity index (χ1v) is 37.2. The van der Waals surface area contributed by atoms with Gasteiger partial charge in [-0.3, -0.25) is 159 Å². The molecule has 0 bridgehead atoms. The van der Waals surface area contributed by atoms with Crippen LogP contribution in [0, 0.1) is 29.6 Å². The predicted octanol–water partition coefficient (Wildman–Crippen LogP) is 2.24. The number of carbonyl (C=O) groups excluding carboxylic acids is 24. The number of unbranched alkanes of at least 4 members (excludes halogenated alkanes) is 1. The Kier molecular flexibility index (Phi) is 33.2. The molecule has 6 aromatic carbocycles. The summed E-state index contributed by atoms with van der Waals surface area (Å²) in [5.41, 5.74) is 4.44. The van der Waals surface area contributed by atoms with Crippen LogP contribution in [-0.2, 0) is 96.0 Å². The Labute approximate surface area is 694 Å². The van der Waals surface area contributed by atoms with Crippen LogP contribution < -0.4 is 53.2 Å². The van der Waals surface area contributed by atoms with Crippen molar-refractivity contribution in [2.45, 2.75) is 70.1 Å². The number of likely N-dealkylation sites (N-methyl/N-ethyl adjacent to an activating group) is 3. The van der Waals surface area contributed by atoms with Gasteiger partial charge >= 0.3 is 48.2 Å². The van der Waals surface area contributed by atoms with Gasteiger partial charge in [0.05, 0.1) is 0 Å². The Morgan fingerprint density at radius 3 is 0.852 bits per heavy atom. The van der Waals surface area contributed by atoms with Crippen molar-refractivity contribution in [2.24, 2.45) is 29.6 Å². The summed E-state index contributed by atoms with van der Waals surface area (Å²) in [5.74, 6) is -14.9. The van der Waals surface area contributed by atoms with E-state index in [1.54, 1.807) is 91.0 Å². The van der Waals surface area contributed by atoms with Gasteiger partial charge in [0.1, 0.15) is 47.3 Å². The molecule has 0 spiro atoms. The summed E-state index contributed by atoms with van der Waals surface area (Å²) in [5, 5.41) is 20.5. The quantitative estimate of drug-likeness (QED) is 0.0785. The zero-order valence-corrected chi connectivity index (χ0v) is 66.7. The highest BCUT2D eigenvalue weighted by atomic mass is 16.2. The smallest absolute Gasteiger partial charge is 0.277 e. The number of benzene rings is 6. The summed E-state index contributed by atoms with van der Waals surface area (Å²) in [6.45, 7) is 3.40. The SMILES string of the molecule is CC1C(=O)NC(=O)NC1=O.CCCCC1C(=O)NC(=O)NC1=O.CN1C(=O)C(Cc2ccccc2)C(=O)N(C)C1=O.CN1C(=O)C(c2ccccc2)C(=O)N(C)C1=O.CN1C(=O)NC(=O)C(Cc2ccccc2)C1=O.CN1C(=O)NC(=O)C(c2ccccc2)C1=O.O=C1NC(=O)C(Cc2ccccc2)C(=O)N1.O=C1NC(=O)C(c2ccccc2)C(=O)N1. The standard InChI is InChI=1S/C13H14N2O3.2C12H12N2O3.2C11H10N2O3.C10H8N2O3.C8H12N2O3.C5H6N2O3/c1-14-11(16)10(12(17)15(2)13(14)18)8-9-6-4-3-5-7-9;1-13-10(15)9(8-6-4-3-5-7-8)11(16)14(2)12(13)17;1-14-11(16)9(10(15)13-12(14)17)7-8-5-3-2-4-6-8;1-13-10(15)8(9(14)12-11(13)16)7-5-3-2-4-6-7;14-9-8(10(15)13-11(16)12-9)6-7-4-2-1-3-5-7;13-8-7(6-4-2-1-3-5-6)9(14)12-10(15)11-8;1-2-3-4-5-6(11)9-8(13)10-7(5)12;1-2-3(8)6-5(10)7-4(2)9/h3-7,10H,8H2,1-2H3;3-7,9H,1-2H3;2-6,9H,7H2,1H3,(H,13,15,17);2-6,8H,1H3,(H,12,14,16);1-5,8H,6H2,(H2,12,13,14,15,16);1-5,7H,(H2,11,12,13,14,15);5H,2-4H2,1H3,(H2,9,10,11,12,13);2H,1H3,(H2,6,7,8,9,10). The first-order chi connectivity index (χ1) is 57.9. The zero-order valence-electron chi connectivity index (χ0n) is 66.7. The van der Waals surface area contributed by atoms with Crippen LogP contribution in [0.5, 0.6) is 0 Å². The van der Waals surface area contributed by atoms with Gasteiger partial charge in [0, 0.05) is 42.3 Å². The highest BCUT2D eigenvalue weighted by Gasteiger charge is 2.46. The van der Waals surface area contributed by atoms with Gasteiger partial charge in [0.15, 0.2) is 0 Å². The van der Waals surface area contributed by atoms with Crippen molar-refractivity contribution in [3.8, 4) is 0 Å². The molecule has 122 heavy (non-hydrogen) atoms. The normalized spacial score (nSPS) is 18.6. The van der Waals surface area contributed by atoms with E-state index in [0.29, 0.717) is 42.4 Å². The van der Waals surface area contributed by atoms with E-state index in [-0.39, 0.29) is 0 Å². The Morgan fingerprint density at radius 1 is 0.246 bits per heavy atom. The summed E-state index contributed by atoms with van der Waals surface area (Å²) >= 11 is 0. The van der Waals surface area contributed by atoms with E-state index in [1.807, 2.05) is 119 Å². The van der Waals surface area contributed by atoms with Gasteiger partial charge in [-0.1, -0.05) is 202 Å². The first kappa shape index (κ1) is 93.4. The van der Waals surface area contributed by atoms with E-state index in [4.69, 9.17) is 0 Å². The van der Waals surface area contributed by atoms with E-state index in [0.717, 1.165) is 58.9 Å². The number of hydrogen-bond acceptors (Lipinski definition) is 24. The number of urea groups is 8. The lowest BCUT2D eigenvalue weighted by atomic mass is 9.95. The number of carbonyl (C=O) groups is 24. The molecule has 14 rings (SSSR count). The van der Waals surface area contributed by atoms with Crippen LogP contribution in [0.3, 0.4) is 0 Å². The molecule has 2 atom stereocenters. The molecule has 8 aliphatic rings. The Bertz CT molecular complexity index is 4970. The Hall–Kier alpha value is -15.8. The maximum absolute atomic E-state index is 12.0. The first-order valence-electron chi connectivity index (χ1n) is 37.2. The molecule has 32 amide bonds. The van der Waals surface area contributed by atoms with Crippen molar-refractivity contribution in [3.05, 3.63) is 215 Å². The number of rotatable bonds is 12. The van der Waals surface area contributed by atoms with Gasteiger partial charge in [0.2, 0.25) is 94.5 Å². The number of barbiturate groups is 8. The lowest BCUT2D eigenvalue weighted by Crippen LogP contribution is -2.57. The molecule has 0 aliphatic carbocycles. The fraction of sp³-hybridized carbons (Fsp3) is 0.268. The molecule has 40 nitrogen and oxygen atoms in total. The van der Waals surface area contributed by atoms with Crippen molar-refractivity contribution in [1.82, 2.24) is 82.6 Å². The highest BCUT2D eigenvalue weighted by molar-refractivity contribution is 6.23. The largest absolute Gasteiger partial charge is 0.332 e. The molecule has 0 radical (unpaired) electrons. The lowest BCUT2D eigenvalue weighted by Gasteiger charge is -2.32. The summed E-state index contributed by atoms with van der Waals surface area (Å²) in [6.07, 6.45) is 3.15. The number of amides is 32. The third kappa shape index (κ3) is 24.6. The molecule has 8 fully saturated rings. The maximum Gasteiger partial charge on any atom is 0.332 e. The molecule has 6 aromatic rings. The molecule has 2 unspecified atom stereocenters. The fourth-order valence-corrected chi connectivity index (χ4v) is 12.1. The average Bonchev–Trinajstić information content (AvgIpc) is 0.860. The topological polar surface area (TPSA) is 549 Å². The van der Waals surface area contributed by atoms with Gasteiger partial charge in [-0.05, 0) is 66.0 Å². The second kappa shape index (κ2) is 43.4. The molecule has 10 N–H and O–H groups in total. The fourth-order valence-electron chi connectivity index (χ4n) is 12.1. The van der Waals surface area contributed by atoms with E-state index in [2.05, 4.69) is 31.9 Å². The molecule has 40 heteroatoms. The predicted molar refractivity (Wildman–Crippen MR) is 422 cm³/mol. The number of nitrogens with zero attached hydrogens (tertiary/aromatic N) is 6. The molecular formula is C82H84N16O24. The summed E-state index contributed by atoms with van der Waals surface area (Å²) < 4.78 is 0. The molecule has 8 aliphatic heterocycles. The second-order valence-electron chi connectivity index (χ2n) is 27.4. The minimum atomic E-state index is -0.941. The minimum absolute atomic E-state index is 0.297. The van der Waals surface area contributed by atoms with Crippen LogP contribution in [0.15, 0.2) is 182 Å². The molecular weight excluding hydrogens is 1590 g/mol. The van der Waals surface area contributed by atoms with Crippen LogP contribution >= 0.6 is 0 Å². The molecule has 0 aromatic heterocycles. The number of imide groups is 16. The molecule has 0 saturated carbocycles. The van der Waals surface area contributed by atoms with Crippen molar-refractivity contribution >= 4 is 143 Å². The summed E-state index contributed by atoms with van der Waals surface area (Å²) in [6, 6.07) is 48.2. The third-order valence-electron chi connectivity index (χ3n) is 19.0. The Balaban J connectivity index is 0.000000193. The van der Waals surface area contributed by atoms with Crippen molar-refractivity contribution in [3.63, 3.8) is 0 Å². The van der Waals surface area contributed by atoms with Crippen LogP contribution in [0.2, 0.25) is 0 Å². The van der Waals surface area contributed by atoms with Crippen LogP contribution in [0.1, 0.15) is 84.2 Å². The lowest BCUT2D eigenvalue weighted by molar-refractivity contribution is -0.148. The van der Waals surface area contributed by atoms with Gasteiger partial charge in [-0.2, -0.15) is 0 Å². The molecule has 8 heterocycles. The molecule has 636 valence electrons. The van der Waals surface area contributed by atoms with Crippen LogP contribution in [-0.4, -0.2) is 214 Å². The van der Waals surface area contributed by atoms with Gasteiger partial charge in [0.25, 0.3) is 0 Å². The van der Waals surface area contributed by atoms with Crippen LogP contribution in [0.4, 0.5) is 38.4 Å². The van der Waals surface area contributed by atoms with E-state index >= 15 is 0 Å².